The van der Waals surface area contributed by atoms with Crippen LogP contribution in [-0.4, -0.2) is 13.0 Å². The number of anilines is 1. The summed E-state index contributed by atoms with van der Waals surface area (Å²) in [4.78, 5) is 12.3. The molecule has 134 valence electrons. The Hall–Kier alpha value is -3.49. The van der Waals surface area contributed by atoms with Crippen molar-refractivity contribution in [1.82, 2.24) is 0 Å². The van der Waals surface area contributed by atoms with Gasteiger partial charge in [0.2, 0.25) is 0 Å². The molecule has 0 aliphatic rings. The van der Waals surface area contributed by atoms with E-state index in [0.29, 0.717) is 28.0 Å². The number of nitriles is 1. The molecule has 0 saturated heterocycles. The topological polar surface area (TPSA) is 75.3 Å². The molecule has 1 aromatic heterocycles. The van der Waals surface area contributed by atoms with Crippen LogP contribution in [-0.2, 0) is 4.79 Å². The Bertz CT molecular complexity index is 1030. The molecule has 0 radical (unpaired) electrons. The first-order chi connectivity index (χ1) is 13.1. The number of methoxy groups -OCH3 is 1. The standard InChI is InChI=1S/C21H15ClN2O3/c1-26-18-7-5-17(6-8-18)24-21(25)15(13-23)12-19-9-10-20(27-19)14-3-2-4-16(22)11-14/h2-12H,1H3,(H,24,25). The average molecular weight is 379 g/mol. The van der Waals surface area contributed by atoms with E-state index in [0.717, 1.165) is 5.56 Å². The first kappa shape index (κ1) is 18.3. The van der Waals surface area contributed by atoms with Crippen LogP contribution in [0.25, 0.3) is 17.4 Å². The fourth-order valence-electron chi connectivity index (χ4n) is 2.39. The number of amides is 1. The Kier molecular flexibility index (Phi) is 5.60. The van der Waals surface area contributed by atoms with E-state index in [-0.39, 0.29) is 5.57 Å². The lowest BCUT2D eigenvalue weighted by atomic mass is 10.2. The number of nitrogens with one attached hydrogen (secondary N) is 1. The zero-order valence-electron chi connectivity index (χ0n) is 14.4. The summed E-state index contributed by atoms with van der Waals surface area (Å²) in [5.41, 5.74) is 1.29. The Balaban J connectivity index is 1.77. The Morgan fingerprint density at radius 2 is 1.96 bits per heavy atom. The monoisotopic (exact) mass is 378 g/mol. The first-order valence-electron chi connectivity index (χ1n) is 8.02. The highest BCUT2D eigenvalue weighted by Crippen LogP contribution is 2.26. The molecule has 0 saturated carbocycles. The van der Waals surface area contributed by atoms with Gasteiger partial charge in [-0.15, -0.1) is 0 Å². The van der Waals surface area contributed by atoms with Gasteiger partial charge in [0.1, 0.15) is 28.9 Å². The molecule has 0 unspecified atom stereocenters. The van der Waals surface area contributed by atoms with Crippen molar-refractivity contribution in [2.24, 2.45) is 0 Å². The number of benzene rings is 2. The van der Waals surface area contributed by atoms with E-state index in [2.05, 4.69) is 5.32 Å². The fraction of sp³-hybridized carbons (Fsp3) is 0.0476. The van der Waals surface area contributed by atoms with E-state index < -0.39 is 5.91 Å². The summed E-state index contributed by atoms with van der Waals surface area (Å²) in [6, 6.07) is 19.4. The van der Waals surface area contributed by atoms with Gasteiger partial charge in [0.15, 0.2) is 0 Å². The molecule has 0 spiro atoms. The maximum absolute atomic E-state index is 12.3. The lowest BCUT2D eigenvalue weighted by molar-refractivity contribution is -0.112. The molecule has 0 fully saturated rings. The molecule has 3 aromatic rings. The van der Waals surface area contributed by atoms with Gasteiger partial charge in [-0.05, 0) is 48.5 Å². The van der Waals surface area contributed by atoms with Crippen LogP contribution in [0.2, 0.25) is 5.02 Å². The van der Waals surface area contributed by atoms with Gasteiger partial charge in [0.25, 0.3) is 5.91 Å². The van der Waals surface area contributed by atoms with Gasteiger partial charge in [-0.3, -0.25) is 4.79 Å². The van der Waals surface area contributed by atoms with Crippen LogP contribution in [0.4, 0.5) is 5.69 Å². The van der Waals surface area contributed by atoms with Crippen LogP contribution >= 0.6 is 11.6 Å². The summed E-state index contributed by atoms with van der Waals surface area (Å²) in [7, 11) is 1.56. The molecule has 6 heteroatoms. The lowest BCUT2D eigenvalue weighted by Gasteiger charge is -2.05. The third-order valence-electron chi connectivity index (χ3n) is 3.74. The van der Waals surface area contributed by atoms with Gasteiger partial charge in [0, 0.05) is 22.3 Å². The van der Waals surface area contributed by atoms with Crippen molar-refractivity contribution in [2.75, 3.05) is 12.4 Å². The second kappa shape index (κ2) is 8.26. The van der Waals surface area contributed by atoms with Crippen molar-refractivity contribution in [1.29, 1.82) is 5.26 Å². The zero-order chi connectivity index (χ0) is 19.2. The van der Waals surface area contributed by atoms with Gasteiger partial charge in [-0.1, -0.05) is 23.7 Å². The number of furan rings is 1. The molecule has 1 amide bonds. The van der Waals surface area contributed by atoms with Crippen LogP contribution in [0.1, 0.15) is 5.76 Å². The molecule has 0 atom stereocenters. The Morgan fingerprint density at radius 3 is 2.63 bits per heavy atom. The quantitative estimate of drug-likeness (QED) is 0.491. The summed E-state index contributed by atoms with van der Waals surface area (Å²) >= 11 is 5.99. The van der Waals surface area contributed by atoms with E-state index in [1.807, 2.05) is 18.2 Å². The number of hydrogen-bond acceptors (Lipinski definition) is 4. The number of rotatable bonds is 5. The molecule has 0 aliphatic heterocycles. The van der Waals surface area contributed by atoms with Gasteiger partial charge < -0.3 is 14.5 Å². The Labute approximate surface area is 161 Å². The van der Waals surface area contributed by atoms with Crippen LogP contribution in [0.5, 0.6) is 5.75 Å². The molecule has 1 N–H and O–H groups in total. The van der Waals surface area contributed by atoms with Gasteiger partial charge >= 0.3 is 0 Å². The van der Waals surface area contributed by atoms with Crippen molar-refractivity contribution in [2.45, 2.75) is 0 Å². The average Bonchev–Trinajstić information content (AvgIpc) is 3.15. The number of ether oxygens (including phenoxy) is 1. The number of halogens is 1. The molecule has 2 aromatic carbocycles. The third-order valence-corrected chi connectivity index (χ3v) is 3.97. The smallest absolute Gasteiger partial charge is 0.266 e. The first-order valence-corrected chi connectivity index (χ1v) is 8.40. The second-order valence-electron chi connectivity index (χ2n) is 5.56. The maximum atomic E-state index is 12.3. The SMILES string of the molecule is COc1ccc(NC(=O)C(C#N)=Cc2ccc(-c3cccc(Cl)c3)o2)cc1. The van der Waals surface area contributed by atoms with Crippen molar-refractivity contribution >= 4 is 29.3 Å². The van der Waals surface area contributed by atoms with E-state index in [9.17, 15) is 10.1 Å². The van der Waals surface area contributed by atoms with Crippen LogP contribution in [0, 0.1) is 11.3 Å². The number of hydrogen-bond donors (Lipinski definition) is 1. The molecule has 1 heterocycles. The van der Waals surface area contributed by atoms with Crippen LogP contribution in [0.15, 0.2) is 70.7 Å². The van der Waals surface area contributed by atoms with Gasteiger partial charge in [-0.2, -0.15) is 5.26 Å². The minimum absolute atomic E-state index is 0.0715. The minimum atomic E-state index is -0.525. The number of carbonyl (C=O) groups is 1. The summed E-state index contributed by atoms with van der Waals surface area (Å²) in [5, 5.41) is 12.6. The third kappa shape index (κ3) is 4.57. The fourth-order valence-corrected chi connectivity index (χ4v) is 2.58. The van der Waals surface area contributed by atoms with E-state index in [4.69, 9.17) is 20.8 Å². The van der Waals surface area contributed by atoms with Crippen LogP contribution < -0.4 is 10.1 Å². The predicted molar refractivity (Wildman–Crippen MR) is 104 cm³/mol. The molecule has 27 heavy (non-hydrogen) atoms. The van der Waals surface area contributed by atoms with Gasteiger partial charge in [-0.25, -0.2) is 0 Å². The normalized spacial score (nSPS) is 10.9. The molecule has 3 rings (SSSR count). The van der Waals surface area contributed by atoms with Gasteiger partial charge in [0.05, 0.1) is 7.11 Å². The minimum Gasteiger partial charge on any atom is -0.497 e. The molecule has 5 nitrogen and oxygen atoms in total. The van der Waals surface area contributed by atoms with Crippen LogP contribution in [0.3, 0.4) is 0 Å². The maximum Gasteiger partial charge on any atom is 0.266 e. The predicted octanol–water partition coefficient (Wildman–Crippen LogP) is 5.15. The van der Waals surface area contributed by atoms with E-state index in [1.54, 1.807) is 55.6 Å². The van der Waals surface area contributed by atoms with E-state index in [1.165, 1.54) is 6.08 Å². The number of nitrogens with zero attached hydrogens (tertiary/aromatic N) is 1. The summed E-state index contributed by atoms with van der Waals surface area (Å²) in [5.74, 6) is 1.14. The molecule has 0 aliphatic carbocycles. The zero-order valence-corrected chi connectivity index (χ0v) is 15.2. The largest absolute Gasteiger partial charge is 0.497 e. The summed E-state index contributed by atoms with van der Waals surface area (Å²) in [6.45, 7) is 0. The highest BCUT2D eigenvalue weighted by Gasteiger charge is 2.12. The molecular weight excluding hydrogens is 364 g/mol. The summed E-state index contributed by atoms with van der Waals surface area (Å²) < 4.78 is 10.8. The van der Waals surface area contributed by atoms with Crippen molar-refractivity contribution in [3.05, 3.63) is 77.0 Å². The van der Waals surface area contributed by atoms with Crippen molar-refractivity contribution in [3.8, 4) is 23.1 Å². The highest BCUT2D eigenvalue weighted by atomic mass is 35.5. The number of carbonyl (C=O) groups excluding carboxylic acids is 1. The van der Waals surface area contributed by atoms with Crippen molar-refractivity contribution < 1.29 is 13.9 Å². The van der Waals surface area contributed by atoms with E-state index >= 15 is 0 Å². The Morgan fingerprint density at radius 1 is 1.19 bits per heavy atom. The second-order valence-corrected chi connectivity index (χ2v) is 6.00. The molecule has 0 bridgehead atoms. The van der Waals surface area contributed by atoms with Crippen molar-refractivity contribution in [3.63, 3.8) is 0 Å². The summed E-state index contributed by atoms with van der Waals surface area (Å²) in [6.07, 6.45) is 1.40. The lowest BCUT2D eigenvalue weighted by Crippen LogP contribution is -2.13. The molecular formula is C21H15ClN2O3. The highest BCUT2D eigenvalue weighted by molar-refractivity contribution is 6.30.